The average Bonchev–Trinajstić information content (AvgIpc) is 2.69. The summed E-state index contributed by atoms with van der Waals surface area (Å²) in [5.74, 6) is 0.782. The monoisotopic (exact) mass is 463 g/mol. The van der Waals surface area contributed by atoms with Gasteiger partial charge in [-0.3, -0.25) is 9.59 Å². The maximum atomic E-state index is 12.5. The molecule has 156 valence electrons. The van der Waals surface area contributed by atoms with Crippen LogP contribution >= 0.6 is 35.0 Å². The van der Waals surface area contributed by atoms with Gasteiger partial charge < -0.3 is 15.0 Å². The molecule has 0 bridgehead atoms. The summed E-state index contributed by atoms with van der Waals surface area (Å²) in [5, 5.41) is 4.25. The van der Waals surface area contributed by atoms with Gasteiger partial charge in [0.2, 0.25) is 5.91 Å². The first-order valence-electron chi connectivity index (χ1n) is 8.96. The molecule has 2 aromatic carbocycles. The van der Waals surface area contributed by atoms with E-state index in [1.165, 1.54) is 18.9 Å². The average molecular weight is 464 g/mol. The number of anilines is 1. The normalized spacial score (nSPS) is 10.7. The van der Waals surface area contributed by atoms with Gasteiger partial charge in [0.05, 0.1) is 18.6 Å². The van der Waals surface area contributed by atoms with E-state index in [4.69, 9.17) is 27.9 Å². The predicted octanol–water partition coefficient (Wildman–Crippen LogP) is 4.87. The van der Waals surface area contributed by atoms with Crippen LogP contribution in [0, 0.1) is 6.92 Å². The molecule has 6 nitrogen and oxygen atoms in total. The second kappa shape index (κ2) is 10.0. The first kappa shape index (κ1) is 22.2. The minimum absolute atomic E-state index is 0.100. The molecule has 0 saturated heterocycles. The smallest absolute Gasteiger partial charge is 0.255 e. The summed E-state index contributed by atoms with van der Waals surface area (Å²) >= 11 is 13.5. The van der Waals surface area contributed by atoms with E-state index in [1.54, 1.807) is 31.2 Å². The quantitative estimate of drug-likeness (QED) is 0.385. The third-order valence-corrected chi connectivity index (χ3v) is 5.71. The fourth-order valence-electron chi connectivity index (χ4n) is 2.75. The Balaban J connectivity index is 1.67. The van der Waals surface area contributed by atoms with Crippen molar-refractivity contribution in [3.05, 3.63) is 79.7 Å². The third kappa shape index (κ3) is 5.78. The van der Waals surface area contributed by atoms with Crippen molar-refractivity contribution < 1.29 is 9.53 Å². The lowest BCUT2D eigenvalue weighted by Gasteiger charge is -2.10. The number of rotatable bonds is 7. The number of hydrogen-bond donors (Lipinski definition) is 2. The summed E-state index contributed by atoms with van der Waals surface area (Å²) in [5.41, 5.74) is 2.03. The number of aromatic amines is 1. The van der Waals surface area contributed by atoms with E-state index in [9.17, 15) is 9.59 Å². The molecule has 0 spiro atoms. The molecule has 0 atom stereocenters. The molecule has 0 aliphatic rings. The highest BCUT2D eigenvalue weighted by atomic mass is 35.5. The standard InChI is InChI=1S/C21H19Cl2N3O3S/c1-12-16(10-19(27)25-15-6-7-18(29-2)17(23)9-15)20(28)26-21(24-12)30-11-13-4-3-5-14(22)8-13/h3-9H,10-11H2,1-2H3,(H,25,27)(H,24,26,28). The fourth-order valence-corrected chi connectivity index (χ4v) is 4.07. The fraction of sp³-hybridized carbons (Fsp3) is 0.190. The lowest BCUT2D eigenvalue weighted by molar-refractivity contribution is -0.115. The summed E-state index contributed by atoms with van der Waals surface area (Å²) in [4.78, 5) is 32.1. The third-order valence-electron chi connectivity index (χ3n) is 4.24. The number of H-pyrrole nitrogens is 1. The molecule has 0 fully saturated rings. The van der Waals surface area contributed by atoms with Crippen LogP contribution in [0.4, 0.5) is 5.69 Å². The largest absolute Gasteiger partial charge is 0.495 e. The number of methoxy groups -OCH3 is 1. The Morgan fingerprint density at radius 2 is 2.03 bits per heavy atom. The number of nitrogens with zero attached hydrogens (tertiary/aromatic N) is 1. The van der Waals surface area contributed by atoms with Crippen LogP contribution in [0.1, 0.15) is 16.8 Å². The molecule has 0 radical (unpaired) electrons. The Morgan fingerprint density at radius 1 is 1.23 bits per heavy atom. The summed E-state index contributed by atoms with van der Waals surface area (Å²) in [6, 6.07) is 12.4. The highest BCUT2D eigenvalue weighted by Gasteiger charge is 2.14. The first-order valence-corrected chi connectivity index (χ1v) is 10.7. The topological polar surface area (TPSA) is 84.1 Å². The maximum absolute atomic E-state index is 12.5. The van der Waals surface area contributed by atoms with Gasteiger partial charge in [-0.15, -0.1) is 0 Å². The number of carbonyl (C=O) groups excluding carboxylic acids is 1. The molecule has 0 aliphatic heterocycles. The van der Waals surface area contributed by atoms with Gasteiger partial charge in [0, 0.05) is 27.7 Å². The van der Waals surface area contributed by atoms with Gasteiger partial charge in [-0.05, 0) is 42.8 Å². The number of amides is 1. The lowest BCUT2D eigenvalue weighted by atomic mass is 10.1. The molecule has 2 N–H and O–H groups in total. The molecule has 0 aliphatic carbocycles. The Morgan fingerprint density at radius 3 is 2.70 bits per heavy atom. The molecule has 1 amide bonds. The Bertz CT molecular complexity index is 1130. The van der Waals surface area contributed by atoms with Crippen molar-refractivity contribution in [1.29, 1.82) is 0 Å². The number of carbonyl (C=O) groups is 1. The van der Waals surface area contributed by atoms with E-state index in [2.05, 4.69) is 15.3 Å². The van der Waals surface area contributed by atoms with Crippen molar-refractivity contribution in [1.82, 2.24) is 9.97 Å². The number of halogens is 2. The Kier molecular flexibility index (Phi) is 7.42. The van der Waals surface area contributed by atoms with E-state index < -0.39 is 0 Å². The van der Waals surface area contributed by atoms with Crippen LogP contribution in [0.15, 0.2) is 52.4 Å². The van der Waals surface area contributed by atoms with E-state index in [0.29, 0.717) is 43.6 Å². The number of nitrogens with one attached hydrogen (secondary N) is 2. The zero-order valence-corrected chi connectivity index (χ0v) is 18.6. The van der Waals surface area contributed by atoms with Gasteiger partial charge in [-0.25, -0.2) is 4.98 Å². The van der Waals surface area contributed by atoms with Crippen LogP contribution in [0.3, 0.4) is 0 Å². The molecule has 3 aromatic rings. The van der Waals surface area contributed by atoms with Crippen LogP contribution in [-0.4, -0.2) is 23.0 Å². The van der Waals surface area contributed by atoms with Crippen LogP contribution in [0.2, 0.25) is 10.0 Å². The van der Waals surface area contributed by atoms with Crippen LogP contribution in [-0.2, 0) is 17.0 Å². The van der Waals surface area contributed by atoms with Crippen LogP contribution in [0.5, 0.6) is 5.75 Å². The van der Waals surface area contributed by atoms with Gasteiger partial charge in [0.15, 0.2) is 5.16 Å². The zero-order chi connectivity index (χ0) is 21.7. The minimum Gasteiger partial charge on any atom is -0.495 e. The van der Waals surface area contributed by atoms with Gasteiger partial charge in [0.1, 0.15) is 5.75 Å². The van der Waals surface area contributed by atoms with Crippen molar-refractivity contribution in [2.45, 2.75) is 24.3 Å². The van der Waals surface area contributed by atoms with E-state index in [1.807, 2.05) is 18.2 Å². The molecule has 1 heterocycles. The van der Waals surface area contributed by atoms with Crippen LogP contribution in [0.25, 0.3) is 0 Å². The van der Waals surface area contributed by atoms with E-state index in [0.717, 1.165) is 5.56 Å². The predicted molar refractivity (Wildman–Crippen MR) is 121 cm³/mol. The Hall–Kier alpha value is -2.48. The molecule has 1 aromatic heterocycles. The van der Waals surface area contributed by atoms with Crippen molar-refractivity contribution in [3.63, 3.8) is 0 Å². The van der Waals surface area contributed by atoms with Crippen molar-refractivity contribution in [2.75, 3.05) is 12.4 Å². The number of ether oxygens (including phenoxy) is 1. The zero-order valence-electron chi connectivity index (χ0n) is 16.3. The second-order valence-corrected chi connectivity index (χ2v) is 8.24. The molecular weight excluding hydrogens is 445 g/mol. The molecule has 0 saturated carbocycles. The van der Waals surface area contributed by atoms with Crippen molar-refractivity contribution in [2.24, 2.45) is 0 Å². The first-order chi connectivity index (χ1) is 14.4. The summed E-state index contributed by atoms with van der Waals surface area (Å²) in [6.07, 6.45) is -0.100. The molecule has 3 rings (SSSR count). The minimum atomic E-state index is -0.342. The van der Waals surface area contributed by atoms with Gasteiger partial charge in [0.25, 0.3) is 5.56 Å². The lowest BCUT2D eigenvalue weighted by Crippen LogP contribution is -2.23. The number of aromatic nitrogens is 2. The number of thioether (sulfide) groups is 1. The number of benzene rings is 2. The molecular formula is C21H19Cl2N3O3S. The van der Waals surface area contributed by atoms with Gasteiger partial charge in [-0.1, -0.05) is 47.1 Å². The maximum Gasteiger partial charge on any atom is 0.255 e. The van der Waals surface area contributed by atoms with Gasteiger partial charge >= 0.3 is 0 Å². The highest BCUT2D eigenvalue weighted by molar-refractivity contribution is 7.98. The van der Waals surface area contributed by atoms with Crippen molar-refractivity contribution in [3.8, 4) is 5.75 Å². The molecule has 0 unspecified atom stereocenters. The highest BCUT2D eigenvalue weighted by Crippen LogP contribution is 2.27. The SMILES string of the molecule is COc1ccc(NC(=O)Cc2c(C)nc(SCc3cccc(Cl)c3)[nH]c2=O)cc1Cl. The number of hydrogen-bond acceptors (Lipinski definition) is 5. The Labute approximate surface area is 188 Å². The van der Waals surface area contributed by atoms with E-state index >= 15 is 0 Å². The summed E-state index contributed by atoms with van der Waals surface area (Å²) in [7, 11) is 1.51. The molecule has 9 heteroatoms. The van der Waals surface area contributed by atoms with Crippen molar-refractivity contribution >= 4 is 46.6 Å². The van der Waals surface area contributed by atoms with Gasteiger partial charge in [-0.2, -0.15) is 0 Å². The molecule has 30 heavy (non-hydrogen) atoms. The van der Waals surface area contributed by atoms with E-state index in [-0.39, 0.29) is 17.9 Å². The summed E-state index contributed by atoms with van der Waals surface area (Å²) < 4.78 is 5.09. The summed E-state index contributed by atoms with van der Waals surface area (Å²) in [6.45, 7) is 1.71. The second-order valence-electron chi connectivity index (χ2n) is 6.43. The number of aryl methyl sites for hydroxylation is 1. The van der Waals surface area contributed by atoms with Crippen LogP contribution < -0.4 is 15.6 Å².